The zero-order chi connectivity index (χ0) is 17.6. The lowest BCUT2D eigenvalue weighted by Crippen LogP contribution is -2.21. The molecule has 2 aromatic heterocycles. The van der Waals surface area contributed by atoms with E-state index < -0.39 is 0 Å². The van der Waals surface area contributed by atoms with E-state index in [0.717, 1.165) is 5.56 Å². The largest absolute Gasteiger partial charge is 0.354 e. The van der Waals surface area contributed by atoms with E-state index in [4.69, 9.17) is 0 Å². The number of hydrogen-bond donors (Lipinski definition) is 3. The zero-order valence-corrected chi connectivity index (χ0v) is 13.6. The maximum absolute atomic E-state index is 12.5. The van der Waals surface area contributed by atoms with E-state index in [1.165, 1.54) is 19.3 Å². The lowest BCUT2D eigenvalue weighted by molar-refractivity contribution is 0.0958. The molecular weight excluding hydrogens is 318 g/mol. The smallest absolute Gasteiger partial charge is 0.269 e. The second-order valence-corrected chi connectivity index (χ2v) is 5.41. The lowest BCUT2D eigenvalue weighted by Gasteiger charge is -2.09. The third-order valence-electron chi connectivity index (χ3n) is 3.58. The summed E-state index contributed by atoms with van der Waals surface area (Å²) in [5, 5.41) is 11.7. The van der Waals surface area contributed by atoms with E-state index in [-0.39, 0.29) is 17.5 Å². The summed E-state index contributed by atoms with van der Waals surface area (Å²) in [5.41, 5.74) is 2.80. The maximum Gasteiger partial charge on any atom is 0.269 e. The van der Waals surface area contributed by atoms with Crippen molar-refractivity contribution in [2.75, 3.05) is 12.4 Å². The fraction of sp³-hybridized carbons (Fsp3) is 0.111. The molecule has 0 aliphatic rings. The number of aromatic nitrogens is 3. The van der Waals surface area contributed by atoms with Crippen LogP contribution in [0.2, 0.25) is 0 Å². The molecule has 2 amide bonds. The number of anilines is 1. The fourth-order valence-corrected chi connectivity index (χ4v) is 2.38. The van der Waals surface area contributed by atoms with E-state index in [9.17, 15) is 9.59 Å². The molecule has 0 unspecified atom stereocenters. The van der Waals surface area contributed by atoms with Crippen molar-refractivity contribution >= 4 is 17.5 Å². The summed E-state index contributed by atoms with van der Waals surface area (Å²) in [4.78, 5) is 28.8. The number of nitrogens with one attached hydrogen (secondary N) is 3. The highest BCUT2D eigenvalue weighted by molar-refractivity contribution is 6.05. The van der Waals surface area contributed by atoms with Crippen LogP contribution in [0.5, 0.6) is 0 Å². The Hall–Kier alpha value is -3.48. The first-order chi connectivity index (χ1) is 12.2. The number of benzene rings is 1. The molecule has 1 aromatic carbocycles. The summed E-state index contributed by atoms with van der Waals surface area (Å²) in [7, 11) is 1.53. The van der Waals surface area contributed by atoms with Gasteiger partial charge in [-0.2, -0.15) is 5.10 Å². The van der Waals surface area contributed by atoms with Crippen LogP contribution in [0.3, 0.4) is 0 Å². The Morgan fingerprint density at radius 2 is 1.92 bits per heavy atom. The van der Waals surface area contributed by atoms with Crippen molar-refractivity contribution in [3.05, 3.63) is 77.4 Å². The molecule has 0 aliphatic heterocycles. The van der Waals surface area contributed by atoms with Crippen LogP contribution in [0.4, 0.5) is 5.69 Å². The molecule has 0 atom stereocenters. The van der Waals surface area contributed by atoms with E-state index in [0.29, 0.717) is 23.4 Å². The number of nitrogens with zero attached hydrogens (tertiary/aromatic N) is 2. The molecular formula is C18H17N5O2. The molecule has 0 radical (unpaired) electrons. The summed E-state index contributed by atoms with van der Waals surface area (Å²) in [5.74, 6) is -0.671. The number of amides is 2. The summed E-state index contributed by atoms with van der Waals surface area (Å²) < 4.78 is 0. The molecule has 0 saturated carbocycles. The van der Waals surface area contributed by atoms with Crippen molar-refractivity contribution in [3.63, 3.8) is 0 Å². The monoisotopic (exact) mass is 335 g/mol. The van der Waals surface area contributed by atoms with Crippen molar-refractivity contribution in [1.82, 2.24) is 20.5 Å². The Kier molecular flexibility index (Phi) is 4.84. The minimum Gasteiger partial charge on any atom is -0.354 e. The molecule has 0 aliphatic carbocycles. The second-order valence-electron chi connectivity index (χ2n) is 5.41. The fourth-order valence-electron chi connectivity index (χ4n) is 2.38. The number of H-pyrrole nitrogens is 1. The van der Waals surface area contributed by atoms with Crippen LogP contribution in [0.15, 0.2) is 54.9 Å². The molecule has 0 fully saturated rings. The van der Waals surface area contributed by atoms with Gasteiger partial charge in [-0.25, -0.2) is 4.98 Å². The van der Waals surface area contributed by atoms with Crippen molar-refractivity contribution in [2.24, 2.45) is 0 Å². The minimum absolute atomic E-state index is 0.202. The second kappa shape index (κ2) is 7.39. The molecule has 0 saturated heterocycles. The molecule has 7 heteroatoms. The molecule has 25 heavy (non-hydrogen) atoms. The highest BCUT2D eigenvalue weighted by atomic mass is 16.2. The van der Waals surface area contributed by atoms with Crippen LogP contribution in [-0.2, 0) is 6.42 Å². The van der Waals surface area contributed by atoms with Crippen molar-refractivity contribution in [1.29, 1.82) is 0 Å². The van der Waals surface area contributed by atoms with Crippen LogP contribution in [0.25, 0.3) is 0 Å². The summed E-state index contributed by atoms with van der Waals surface area (Å²) in [6, 6.07) is 12.9. The van der Waals surface area contributed by atoms with Gasteiger partial charge in [0.2, 0.25) is 0 Å². The third-order valence-corrected chi connectivity index (χ3v) is 3.58. The Morgan fingerprint density at radius 1 is 1.12 bits per heavy atom. The van der Waals surface area contributed by atoms with E-state index >= 15 is 0 Å². The van der Waals surface area contributed by atoms with Gasteiger partial charge in [-0.05, 0) is 17.7 Å². The summed E-state index contributed by atoms with van der Waals surface area (Å²) >= 11 is 0. The molecule has 3 aromatic rings. The third kappa shape index (κ3) is 4.08. The topological polar surface area (TPSA) is 99.8 Å². The van der Waals surface area contributed by atoms with Gasteiger partial charge in [-0.15, -0.1) is 0 Å². The molecule has 2 heterocycles. The van der Waals surface area contributed by atoms with Gasteiger partial charge in [0, 0.05) is 30.9 Å². The number of pyridine rings is 1. The highest BCUT2D eigenvalue weighted by Gasteiger charge is 2.14. The molecule has 3 N–H and O–H groups in total. The van der Waals surface area contributed by atoms with Crippen LogP contribution in [0.1, 0.15) is 32.1 Å². The molecule has 3 rings (SSSR count). The highest BCUT2D eigenvalue weighted by Crippen LogP contribution is 2.13. The van der Waals surface area contributed by atoms with E-state index in [1.807, 2.05) is 30.3 Å². The van der Waals surface area contributed by atoms with Crippen molar-refractivity contribution in [2.45, 2.75) is 6.42 Å². The first-order valence-corrected chi connectivity index (χ1v) is 7.73. The quantitative estimate of drug-likeness (QED) is 0.664. The average Bonchev–Trinajstić information content (AvgIpc) is 3.14. The van der Waals surface area contributed by atoms with Crippen molar-refractivity contribution in [3.8, 4) is 0 Å². The van der Waals surface area contributed by atoms with Gasteiger partial charge < -0.3 is 10.6 Å². The predicted molar refractivity (Wildman–Crippen MR) is 93.4 cm³/mol. The predicted octanol–water partition coefficient (Wildman–Crippen LogP) is 2.01. The number of rotatable bonds is 5. The number of carbonyl (C=O) groups is 2. The minimum atomic E-state index is -0.340. The standard InChI is InChI=1S/C18H17N5O2/c1-19-18(25)16-9-13(17(24)23-15-10-20-21-11-15)8-14(22-16)7-12-5-3-2-4-6-12/h2-6,8-11H,7H2,1H3,(H,19,25)(H,20,21)(H,23,24). The number of hydrogen-bond acceptors (Lipinski definition) is 4. The summed E-state index contributed by atoms with van der Waals surface area (Å²) in [6.45, 7) is 0. The summed E-state index contributed by atoms with van der Waals surface area (Å²) in [6.07, 6.45) is 3.60. The van der Waals surface area contributed by atoms with Gasteiger partial charge in [-0.1, -0.05) is 30.3 Å². The average molecular weight is 335 g/mol. The van der Waals surface area contributed by atoms with Crippen molar-refractivity contribution < 1.29 is 9.59 Å². The van der Waals surface area contributed by atoms with E-state index in [2.05, 4.69) is 25.8 Å². The normalized spacial score (nSPS) is 10.3. The molecule has 0 bridgehead atoms. The Morgan fingerprint density at radius 3 is 2.60 bits per heavy atom. The van der Waals surface area contributed by atoms with Crippen LogP contribution in [0, 0.1) is 0 Å². The number of carbonyl (C=O) groups excluding carboxylic acids is 2. The first kappa shape index (κ1) is 16.4. The zero-order valence-electron chi connectivity index (χ0n) is 13.6. The van der Waals surface area contributed by atoms with Crippen LogP contribution >= 0.6 is 0 Å². The molecule has 126 valence electrons. The lowest BCUT2D eigenvalue weighted by atomic mass is 10.1. The molecule has 0 spiro atoms. The first-order valence-electron chi connectivity index (χ1n) is 7.73. The SMILES string of the molecule is CNC(=O)c1cc(C(=O)Nc2cn[nH]c2)cc(Cc2ccccc2)n1. The Labute approximate surface area is 144 Å². The molecule has 7 nitrogen and oxygen atoms in total. The van der Waals surface area contributed by atoms with Gasteiger partial charge in [0.25, 0.3) is 11.8 Å². The van der Waals surface area contributed by atoms with E-state index in [1.54, 1.807) is 12.3 Å². The van der Waals surface area contributed by atoms with Crippen LogP contribution in [-0.4, -0.2) is 34.0 Å². The van der Waals surface area contributed by atoms with Gasteiger partial charge in [0.05, 0.1) is 11.9 Å². The number of aromatic amines is 1. The Bertz CT molecular complexity index is 876. The van der Waals surface area contributed by atoms with Gasteiger partial charge in [0.15, 0.2) is 0 Å². The Balaban J connectivity index is 1.92. The maximum atomic E-state index is 12.5. The van der Waals surface area contributed by atoms with Crippen LogP contribution < -0.4 is 10.6 Å². The van der Waals surface area contributed by atoms with Gasteiger partial charge in [0.1, 0.15) is 5.69 Å². The van der Waals surface area contributed by atoms with Gasteiger partial charge in [-0.3, -0.25) is 14.7 Å². The van der Waals surface area contributed by atoms with Gasteiger partial charge >= 0.3 is 0 Å².